The molecular weight excluding hydrogens is 302 g/mol. The molecule has 0 fully saturated rings. The summed E-state index contributed by atoms with van der Waals surface area (Å²) in [5, 5.41) is 13.4. The lowest BCUT2D eigenvalue weighted by molar-refractivity contribution is 0.474. The van der Waals surface area contributed by atoms with Gasteiger partial charge >= 0.3 is 0 Å². The summed E-state index contributed by atoms with van der Waals surface area (Å²) < 4.78 is 0. The quantitative estimate of drug-likeness (QED) is 0.761. The summed E-state index contributed by atoms with van der Waals surface area (Å²) in [5.74, 6) is 2.35. The second kappa shape index (κ2) is 5.92. The Morgan fingerprint density at radius 1 is 0.875 bits per heavy atom. The Kier molecular flexibility index (Phi) is 3.47. The van der Waals surface area contributed by atoms with Crippen LogP contribution in [0.3, 0.4) is 0 Å². The molecule has 0 bridgehead atoms. The Morgan fingerprint density at radius 3 is 2.46 bits per heavy atom. The standard InChI is InChI=1S/C18H13N5O/c24-13-7-5-6-12-16(13)18(22-15-9-2-4-11-20-15)23-17(12)21-14-8-1-3-10-19-14/h1-11,24H,(H,19,20,21,22,23). The van der Waals surface area contributed by atoms with E-state index in [2.05, 4.69) is 25.3 Å². The first-order valence-electron chi connectivity index (χ1n) is 7.40. The van der Waals surface area contributed by atoms with E-state index < -0.39 is 0 Å². The third-order valence-corrected chi connectivity index (χ3v) is 3.52. The van der Waals surface area contributed by atoms with E-state index in [-0.39, 0.29) is 5.75 Å². The molecule has 2 N–H and O–H groups in total. The number of amidine groups is 2. The third-order valence-electron chi connectivity index (χ3n) is 3.52. The highest BCUT2D eigenvalue weighted by Crippen LogP contribution is 2.29. The van der Waals surface area contributed by atoms with Gasteiger partial charge in [-0.3, -0.25) is 0 Å². The van der Waals surface area contributed by atoms with Crippen molar-refractivity contribution in [3.8, 4) is 5.75 Å². The number of phenolic OH excluding ortho intramolecular Hbond substituents is 1. The van der Waals surface area contributed by atoms with Gasteiger partial charge in [-0.15, -0.1) is 0 Å². The zero-order valence-corrected chi connectivity index (χ0v) is 12.6. The van der Waals surface area contributed by atoms with Crippen LogP contribution < -0.4 is 5.32 Å². The number of hydrogen-bond donors (Lipinski definition) is 2. The summed E-state index contributed by atoms with van der Waals surface area (Å²) in [6.45, 7) is 0. The first-order valence-corrected chi connectivity index (χ1v) is 7.40. The van der Waals surface area contributed by atoms with E-state index in [1.54, 1.807) is 30.6 Å². The minimum atomic E-state index is 0.140. The van der Waals surface area contributed by atoms with Gasteiger partial charge in [0.1, 0.15) is 17.4 Å². The average Bonchev–Trinajstić information content (AvgIpc) is 2.95. The maximum atomic E-state index is 10.3. The first kappa shape index (κ1) is 14.1. The first-order chi connectivity index (χ1) is 11.8. The van der Waals surface area contributed by atoms with Gasteiger partial charge in [0.25, 0.3) is 0 Å². The Bertz CT molecular complexity index is 936. The lowest BCUT2D eigenvalue weighted by Gasteiger charge is -2.07. The number of anilines is 1. The van der Waals surface area contributed by atoms with Crippen LogP contribution in [0.5, 0.6) is 5.75 Å². The van der Waals surface area contributed by atoms with E-state index in [9.17, 15) is 5.11 Å². The minimum absolute atomic E-state index is 0.140. The number of fused-ring (bicyclic) bond motifs is 1. The fourth-order valence-electron chi connectivity index (χ4n) is 2.46. The van der Waals surface area contributed by atoms with Crippen LogP contribution >= 0.6 is 0 Å². The molecular formula is C18H13N5O. The molecule has 0 radical (unpaired) electrons. The maximum Gasteiger partial charge on any atom is 0.164 e. The smallest absolute Gasteiger partial charge is 0.164 e. The van der Waals surface area contributed by atoms with Crippen molar-refractivity contribution in [1.82, 2.24) is 9.97 Å². The number of aromatic nitrogens is 2. The molecule has 6 heteroatoms. The highest BCUT2D eigenvalue weighted by Gasteiger charge is 2.25. The Balaban J connectivity index is 1.79. The molecule has 0 amide bonds. The van der Waals surface area contributed by atoms with Gasteiger partial charge in [0.2, 0.25) is 0 Å². The van der Waals surface area contributed by atoms with Gasteiger partial charge in [-0.05, 0) is 30.3 Å². The summed E-state index contributed by atoms with van der Waals surface area (Å²) in [6.07, 6.45) is 3.36. The fourth-order valence-corrected chi connectivity index (χ4v) is 2.46. The summed E-state index contributed by atoms with van der Waals surface area (Å²) in [4.78, 5) is 17.4. The molecule has 116 valence electrons. The van der Waals surface area contributed by atoms with E-state index in [0.29, 0.717) is 28.9 Å². The fraction of sp³-hybridized carbons (Fsp3) is 0. The molecule has 0 saturated carbocycles. The Labute approximate surface area is 138 Å². The van der Waals surface area contributed by atoms with Gasteiger partial charge < -0.3 is 10.4 Å². The molecule has 4 rings (SSSR count). The van der Waals surface area contributed by atoms with Gasteiger partial charge in [-0.1, -0.05) is 24.3 Å². The van der Waals surface area contributed by atoms with Crippen molar-refractivity contribution < 1.29 is 5.11 Å². The molecule has 3 heterocycles. The van der Waals surface area contributed by atoms with Crippen molar-refractivity contribution in [2.24, 2.45) is 9.98 Å². The molecule has 24 heavy (non-hydrogen) atoms. The largest absolute Gasteiger partial charge is 0.507 e. The predicted molar refractivity (Wildman–Crippen MR) is 92.9 cm³/mol. The van der Waals surface area contributed by atoms with Crippen LogP contribution in [0.15, 0.2) is 77.0 Å². The summed E-state index contributed by atoms with van der Waals surface area (Å²) in [7, 11) is 0. The SMILES string of the molecule is Oc1cccc2c1C(Nc1ccccn1)=N/C2=N\c1ccccn1. The second-order valence-electron chi connectivity index (χ2n) is 5.12. The zero-order chi connectivity index (χ0) is 16.4. The maximum absolute atomic E-state index is 10.3. The molecule has 1 aliphatic rings. The number of benzene rings is 1. The number of nitrogens with one attached hydrogen (secondary N) is 1. The minimum Gasteiger partial charge on any atom is -0.507 e. The molecule has 3 aromatic rings. The van der Waals surface area contributed by atoms with E-state index >= 15 is 0 Å². The van der Waals surface area contributed by atoms with Crippen LogP contribution in [0.25, 0.3) is 0 Å². The number of aliphatic imine (C=N–C) groups is 2. The van der Waals surface area contributed by atoms with E-state index in [1.165, 1.54) is 0 Å². The lowest BCUT2D eigenvalue weighted by atomic mass is 10.1. The molecule has 1 aliphatic heterocycles. The number of pyridine rings is 2. The van der Waals surface area contributed by atoms with Crippen LogP contribution in [-0.4, -0.2) is 26.7 Å². The summed E-state index contributed by atoms with van der Waals surface area (Å²) in [6, 6.07) is 16.3. The van der Waals surface area contributed by atoms with Gasteiger partial charge in [0, 0.05) is 18.0 Å². The number of rotatable bonds is 2. The molecule has 0 aliphatic carbocycles. The third kappa shape index (κ3) is 2.61. The zero-order valence-electron chi connectivity index (χ0n) is 12.6. The molecule has 1 aromatic carbocycles. The van der Waals surface area contributed by atoms with Crippen molar-refractivity contribution in [3.05, 3.63) is 78.1 Å². The van der Waals surface area contributed by atoms with E-state index in [0.717, 1.165) is 5.56 Å². The van der Waals surface area contributed by atoms with Crippen molar-refractivity contribution in [2.75, 3.05) is 5.32 Å². The predicted octanol–water partition coefficient (Wildman–Crippen LogP) is 3.13. The van der Waals surface area contributed by atoms with E-state index in [1.807, 2.05) is 36.4 Å². The monoisotopic (exact) mass is 315 g/mol. The van der Waals surface area contributed by atoms with Gasteiger partial charge in [-0.2, -0.15) is 0 Å². The number of phenols is 1. The van der Waals surface area contributed by atoms with Gasteiger partial charge in [0.05, 0.1) is 5.56 Å². The Morgan fingerprint density at radius 2 is 1.71 bits per heavy atom. The van der Waals surface area contributed by atoms with Crippen molar-refractivity contribution in [1.29, 1.82) is 0 Å². The summed E-state index contributed by atoms with van der Waals surface area (Å²) >= 11 is 0. The topological polar surface area (TPSA) is 82.8 Å². The Hall–Kier alpha value is -3.54. The lowest BCUT2D eigenvalue weighted by Crippen LogP contribution is -2.12. The average molecular weight is 315 g/mol. The molecule has 2 aromatic heterocycles. The van der Waals surface area contributed by atoms with Crippen LogP contribution in [0.4, 0.5) is 11.6 Å². The van der Waals surface area contributed by atoms with Crippen LogP contribution in [-0.2, 0) is 0 Å². The van der Waals surface area contributed by atoms with Crippen LogP contribution in [0.1, 0.15) is 11.1 Å². The van der Waals surface area contributed by atoms with Crippen LogP contribution in [0.2, 0.25) is 0 Å². The number of aromatic hydroxyl groups is 1. The van der Waals surface area contributed by atoms with Crippen LogP contribution in [0, 0.1) is 0 Å². The van der Waals surface area contributed by atoms with Crippen molar-refractivity contribution in [2.45, 2.75) is 0 Å². The number of nitrogens with zero attached hydrogens (tertiary/aromatic N) is 4. The van der Waals surface area contributed by atoms with Crippen molar-refractivity contribution in [3.63, 3.8) is 0 Å². The van der Waals surface area contributed by atoms with Gasteiger partial charge in [0.15, 0.2) is 11.7 Å². The number of hydrogen-bond acceptors (Lipinski definition) is 5. The van der Waals surface area contributed by atoms with Crippen molar-refractivity contribution >= 4 is 23.3 Å². The summed E-state index contributed by atoms with van der Waals surface area (Å²) in [5.41, 5.74) is 1.36. The highest BCUT2D eigenvalue weighted by molar-refractivity contribution is 6.27. The molecule has 0 unspecified atom stereocenters. The molecule has 0 saturated heterocycles. The van der Waals surface area contributed by atoms with Gasteiger partial charge in [-0.25, -0.2) is 20.0 Å². The normalized spacial score (nSPS) is 14.3. The second-order valence-corrected chi connectivity index (χ2v) is 5.12. The molecule has 0 spiro atoms. The highest BCUT2D eigenvalue weighted by atomic mass is 16.3. The molecule has 6 nitrogen and oxygen atoms in total. The molecule has 0 atom stereocenters. The van der Waals surface area contributed by atoms with E-state index in [4.69, 9.17) is 0 Å².